The average molecular weight is 317 g/mol. The van der Waals surface area contributed by atoms with Crippen molar-refractivity contribution in [1.82, 2.24) is 10.2 Å². The van der Waals surface area contributed by atoms with Crippen LogP contribution in [0.3, 0.4) is 0 Å². The molecule has 3 rings (SSSR count). The molecule has 124 valence electrons. The van der Waals surface area contributed by atoms with Crippen LogP contribution in [0.15, 0.2) is 24.3 Å². The highest BCUT2D eigenvalue weighted by atomic mass is 16.5. The van der Waals surface area contributed by atoms with E-state index in [9.17, 15) is 9.59 Å². The van der Waals surface area contributed by atoms with Crippen LogP contribution in [0, 0.1) is 0 Å². The van der Waals surface area contributed by atoms with E-state index in [1.807, 2.05) is 24.3 Å². The molecule has 2 aliphatic rings. The molecule has 23 heavy (non-hydrogen) atoms. The fourth-order valence-corrected chi connectivity index (χ4v) is 3.26. The number of morpholine rings is 1. The molecule has 0 bridgehead atoms. The van der Waals surface area contributed by atoms with Crippen LogP contribution in [0.5, 0.6) is 0 Å². The number of nitrogens with zero attached hydrogens (tertiary/aromatic N) is 2. The van der Waals surface area contributed by atoms with E-state index < -0.39 is 6.04 Å². The number of ether oxygens (including phenoxy) is 1. The maximum atomic E-state index is 12.5. The summed E-state index contributed by atoms with van der Waals surface area (Å²) in [6.45, 7) is 6.24. The van der Waals surface area contributed by atoms with Gasteiger partial charge in [-0.3, -0.25) is 19.4 Å². The van der Waals surface area contributed by atoms with E-state index in [1.54, 1.807) is 4.90 Å². The third-order valence-electron chi connectivity index (χ3n) is 4.45. The van der Waals surface area contributed by atoms with Gasteiger partial charge >= 0.3 is 0 Å². The minimum Gasteiger partial charge on any atom is -0.379 e. The summed E-state index contributed by atoms with van der Waals surface area (Å²) in [5, 5.41) is 2.98. The molecule has 0 aromatic heterocycles. The van der Waals surface area contributed by atoms with Gasteiger partial charge in [0.2, 0.25) is 11.8 Å². The predicted molar refractivity (Wildman–Crippen MR) is 87.4 cm³/mol. The molecule has 2 aliphatic heterocycles. The molecule has 0 saturated carbocycles. The van der Waals surface area contributed by atoms with Gasteiger partial charge in [-0.2, -0.15) is 0 Å². The van der Waals surface area contributed by atoms with Crippen LogP contribution in [-0.4, -0.2) is 62.1 Å². The number of amides is 2. The zero-order chi connectivity index (χ0) is 16.2. The lowest BCUT2D eigenvalue weighted by Gasteiger charge is -2.27. The second-order valence-electron chi connectivity index (χ2n) is 5.98. The summed E-state index contributed by atoms with van der Waals surface area (Å²) in [5.41, 5.74) is 1.91. The van der Waals surface area contributed by atoms with Crippen molar-refractivity contribution in [2.45, 2.75) is 19.4 Å². The van der Waals surface area contributed by atoms with Crippen molar-refractivity contribution in [2.24, 2.45) is 0 Å². The SMILES string of the molecule is CC(=O)N1c2ccccc2C[C@H]1C(=O)NCCN1CCOCC1. The van der Waals surface area contributed by atoms with Crippen LogP contribution in [0.4, 0.5) is 5.69 Å². The Hall–Kier alpha value is -1.92. The maximum Gasteiger partial charge on any atom is 0.243 e. The summed E-state index contributed by atoms with van der Waals surface area (Å²) in [6.07, 6.45) is 0.582. The lowest BCUT2D eigenvalue weighted by Crippen LogP contribution is -2.49. The lowest BCUT2D eigenvalue weighted by molar-refractivity contribution is -0.125. The van der Waals surface area contributed by atoms with Gasteiger partial charge in [-0.1, -0.05) is 18.2 Å². The van der Waals surface area contributed by atoms with E-state index in [1.165, 1.54) is 6.92 Å². The summed E-state index contributed by atoms with van der Waals surface area (Å²) in [7, 11) is 0. The molecule has 6 heteroatoms. The molecule has 0 unspecified atom stereocenters. The number of benzene rings is 1. The third kappa shape index (κ3) is 3.54. The molecule has 0 spiro atoms. The van der Waals surface area contributed by atoms with Gasteiger partial charge in [0.25, 0.3) is 0 Å². The van der Waals surface area contributed by atoms with Crippen molar-refractivity contribution in [2.75, 3.05) is 44.3 Å². The van der Waals surface area contributed by atoms with E-state index in [4.69, 9.17) is 4.74 Å². The first kappa shape index (κ1) is 16.0. The zero-order valence-corrected chi connectivity index (χ0v) is 13.5. The van der Waals surface area contributed by atoms with Crippen LogP contribution < -0.4 is 10.2 Å². The summed E-state index contributed by atoms with van der Waals surface area (Å²) < 4.78 is 5.31. The number of hydrogen-bond donors (Lipinski definition) is 1. The van der Waals surface area contributed by atoms with Crippen molar-refractivity contribution in [3.05, 3.63) is 29.8 Å². The highest BCUT2D eigenvalue weighted by Crippen LogP contribution is 2.32. The number of fused-ring (bicyclic) bond motifs is 1. The van der Waals surface area contributed by atoms with Gasteiger partial charge in [-0.05, 0) is 11.6 Å². The topological polar surface area (TPSA) is 61.9 Å². The Morgan fingerprint density at radius 1 is 1.26 bits per heavy atom. The molecule has 0 aliphatic carbocycles. The number of rotatable bonds is 4. The molecule has 1 atom stereocenters. The first-order chi connectivity index (χ1) is 11.2. The largest absolute Gasteiger partial charge is 0.379 e. The lowest BCUT2D eigenvalue weighted by atomic mass is 10.1. The fraction of sp³-hybridized carbons (Fsp3) is 0.529. The molecule has 1 saturated heterocycles. The quantitative estimate of drug-likeness (QED) is 0.874. The van der Waals surface area contributed by atoms with Gasteiger partial charge in [-0.25, -0.2) is 0 Å². The minimum atomic E-state index is -0.436. The van der Waals surface area contributed by atoms with Gasteiger partial charge in [0, 0.05) is 45.2 Å². The first-order valence-corrected chi connectivity index (χ1v) is 8.12. The predicted octanol–water partition coefficient (Wildman–Crippen LogP) is 0.413. The van der Waals surface area contributed by atoms with E-state index in [0.717, 1.165) is 44.1 Å². The molecular formula is C17H23N3O3. The van der Waals surface area contributed by atoms with Crippen molar-refractivity contribution < 1.29 is 14.3 Å². The normalized spacial score (nSPS) is 21.1. The number of para-hydroxylation sites is 1. The molecule has 0 radical (unpaired) electrons. The van der Waals surface area contributed by atoms with Crippen LogP contribution >= 0.6 is 0 Å². The zero-order valence-electron chi connectivity index (χ0n) is 13.5. The number of nitrogens with one attached hydrogen (secondary N) is 1. The molecule has 1 fully saturated rings. The van der Waals surface area contributed by atoms with Crippen molar-refractivity contribution in [3.8, 4) is 0 Å². The van der Waals surface area contributed by atoms with Gasteiger partial charge < -0.3 is 10.1 Å². The molecule has 1 aromatic carbocycles. The van der Waals surface area contributed by atoms with Crippen LogP contribution in [0.25, 0.3) is 0 Å². The minimum absolute atomic E-state index is 0.0790. The second kappa shape index (κ2) is 7.10. The smallest absolute Gasteiger partial charge is 0.243 e. The van der Waals surface area contributed by atoms with Crippen molar-refractivity contribution in [3.63, 3.8) is 0 Å². The van der Waals surface area contributed by atoms with Crippen LogP contribution in [0.1, 0.15) is 12.5 Å². The van der Waals surface area contributed by atoms with Gasteiger partial charge in [0.1, 0.15) is 6.04 Å². The average Bonchev–Trinajstić information content (AvgIpc) is 2.95. The first-order valence-electron chi connectivity index (χ1n) is 8.12. The van der Waals surface area contributed by atoms with Gasteiger partial charge in [-0.15, -0.1) is 0 Å². The Balaban J connectivity index is 1.57. The Morgan fingerprint density at radius 2 is 2.00 bits per heavy atom. The van der Waals surface area contributed by atoms with E-state index in [0.29, 0.717) is 13.0 Å². The Bertz CT molecular complexity index is 584. The van der Waals surface area contributed by atoms with Crippen molar-refractivity contribution in [1.29, 1.82) is 0 Å². The molecule has 1 N–H and O–H groups in total. The second-order valence-corrected chi connectivity index (χ2v) is 5.98. The Kier molecular flexibility index (Phi) is 4.93. The Morgan fingerprint density at radius 3 is 2.74 bits per heavy atom. The summed E-state index contributed by atoms with van der Waals surface area (Å²) in [4.78, 5) is 28.4. The summed E-state index contributed by atoms with van der Waals surface area (Å²) in [5.74, 6) is -0.173. The number of carbonyl (C=O) groups excluding carboxylic acids is 2. The van der Waals surface area contributed by atoms with E-state index in [2.05, 4.69) is 10.2 Å². The number of carbonyl (C=O) groups is 2. The highest BCUT2D eigenvalue weighted by molar-refractivity contribution is 6.02. The van der Waals surface area contributed by atoms with E-state index in [-0.39, 0.29) is 11.8 Å². The highest BCUT2D eigenvalue weighted by Gasteiger charge is 2.36. The van der Waals surface area contributed by atoms with E-state index >= 15 is 0 Å². The van der Waals surface area contributed by atoms with Crippen LogP contribution in [0.2, 0.25) is 0 Å². The van der Waals surface area contributed by atoms with Gasteiger partial charge in [0.15, 0.2) is 0 Å². The standard InChI is InChI=1S/C17H23N3O3/c1-13(21)20-15-5-3-2-4-14(15)12-16(20)17(22)18-6-7-19-8-10-23-11-9-19/h2-5,16H,6-12H2,1H3,(H,18,22)/t16-/m0/s1. The fourth-order valence-electron chi connectivity index (χ4n) is 3.26. The third-order valence-corrected chi connectivity index (χ3v) is 4.45. The molecule has 2 heterocycles. The molecule has 6 nitrogen and oxygen atoms in total. The molecule has 1 aromatic rings. The summed E-state index contributed by atoms with van der Waals surface area (Å²) in [6, 6.07) is 7.28. The van der Waals surface area contributed by atoms with Crippen LogP contribution in [-0.2, 0) is 20.7 Å². The van der Waals surface area contributed by atoms with Crippen molar-refractivity contribution >= 4 is 17.5 Å². The molecular weight excluding hydrogens is 294 g/mol. The monoisotopic (exact) mass is 317 g/mol. The Labute approximate surface area is 136 Å². The number of anilines is 1. The number of hydrogen-bond acceptors (Lipinski definition) is 4. The maximum absolute atomic E-state index is 12.5. The molecule has 2 amide bonds. The van der Waals surface area contributed by atoms with Gasteiger partial charge in [0.05, 0.1) is 13.2 Å². The summed E-state index contributed by atoms with van der Waals surface area (Å²) >= 11 is 0.